The first kappa shape index (κ1) is 14.3. The van der Waals surface area contributed by atoms with Gasteiger partial charge in [0.05, 0.1) is 5.69 Å². The Morgan fingerprint density at radius 1 is 1.35 bits per heavy atom. The zero-order valence-electron chi connectivity index (χ0n) is 13.1. The molecule has 4 rings (SSSR count). The van der Waals surface area contributed by atoms with Gasteiger partial charge in [0.1, 0.15) is 11.4 Å². The van der Waals surface area contributed by atoms with Crippen LogP contribution in [0.2, 0.25) is 0 Å². The van der Waals surface area contributed by atoms with E-state index in [1.165, 1.54) is 24.2 Å². The molecule has 1 aliphatic heterocycles. The highest BCUT2D eigenvalue weighted by Gasteiger charge is 2.24. The number of aromatic nitrogens is 4. The molecule has 3 aromatic rings. The van der Waals surface area contributed by atoms with Gasteiger partial charge >= 0.3 is 0 Å². The smallest absolute Gasteiger partial charge is 0.276 e. The van der Waals surface area contributed by atoms with Crippen LogP contribution in [-0.2, 0) is 7.05 Å². The molecule has 0 bridgehead atoms. The molecule has 0 unspecified atom stereocenters. The number of carbonyl (C=O) groups excluding carboxylic acids is 1. The number of nitrogens with zero attached hydrogens (tertiary/aromatic N) is 5. The minimum atomic E-state index is -0.197. The maximum atomic E-state index is 12.6. The number of anilines is 2. The number of amides is 1. The molecule has 7 nitrogen and oxygen atoms in total. The molecule has 1 N–H and O–H groups in total. The highest BCUT2D eigenvalue weighted by atomic mass is 32.1. The van der Waals surface area contributed by atoms with E-state index in [1.54, 1.807) is 6.20 Å². The summed E-state index contributed by atoms with van der Waals surface area (Å²) in [6, 6.07) is 0. The topological polar surface area (TPSA) is 67.5 Å². The molecule has 23 heavy (non-hydrogen) atoms. The van der Waals surface area contributed by atoms with Gasteiger partial charge < -0.3 is 10.2 Å². The second kappa shape index (κ2) is 5.38. The summed E-state index contributed by atoms with van der Waals surface area (Å²) < 4.78 is 3.67. The van der Waals surface area contributed by atoms with Gasteiger partial charge in [-0.3, -0.25) is 13.9 Å². The van der Waals surface area contributed by atoms with Crippen molar-refractivity contribution < 1.29 is 4.79 Å². The molecule has 1 amide bonds. The van der Waals surface area contributed by atoms with Crippen molar-refractivity contribution in [3.63, 3.8) is 0 Å². The van der Waals surface area contributed by atoms with Gasteiger partial charge in [0.15, 0.2) is 10.8 Å². The van der Waals surface area contributed by atoms with Gasteiger partial charge in [-0.1, -0.05) is 0 Å². The minimum Gasteiger partial charge on any atom is -0.353 e. The van der Waals surface area contributed by atoms with Crippen LogP contribution in [0.3, 0.4) is 0 Å². The first-order chi connectivity index (χ1) is 11.1. The van der Waals surface area contributed by atoms with Gasteiger partial charge in [0.2, 0.25) is 0 Å². The molecule has 8 heteroatoms. The molecule has 120 valence electrons. The zero-order valence-corrected chi connectivity index (χ0v) is 13.9. The summed E-state index contributed by atoms with van der Waals surface area (Å²) in [5.74, 6) is 0.661. The maximum Gasteiger partial charge on any atom is 0.276 e. The number of fused-ring (bicyclic) bond motifs is 1. The highest BCUT2D eigenvalue weighted by Crippen LogP contribution is 2.31. The SMILES string of the molecule is Cc1c(NC(=O)c2cn3ccsc3n2)c(N2CCCC2)nn1C. The Kier molecular flexibility index (Phi) is 3.33. The number of imidazole rings is 1. The summed E-state index contributed by atoms with van der Waals surface area (Å²) in [4.78, 5) is 20.0. The Labute approximate surface area is 137 Å². The molecule has 0 radical (unpaired) electrons. The van der Waals surface area contributed by atoms with E-state index in [4.69, 9.17) is 0 Å². The van der Waals surface area contributed by atoms with E-state index in [0.29, 0.717) is 5.69 Å². The van der Waals surface area contributed by atoms with Crippen LogP contribution < -0.4 is 10.2 Å². The van der Waals surface area contributed by atoms with Crippen LogP contribution in [0.25, 0.3) is 4.96 Å². The van der Waals surface area contributed by atoms with Gasteiger partial charge in [-0.2, -0.15) is 5.10 Å². The van der Waals surface area contributed by atoms with Crippen LogP contribution >= 0.6 is 11.3 Å². The van der Waals surface area contributed by atoms with Crippen LogP contribution in [-0.4, -0.2) is 38.2 Å². The fourth-order valence-electron chi connectivity index (χ4n) is 2.90. The molecule has 1 aliphatic rings. The third kappa shape index (κ3) is 2.39. The van der Waals surface area contributed by atoms with Gasteiger partial charge in [-0.15, -0.1) is 11.3 Å². The van der Waals surface area contributed by atoms with Crippen molar-refractivity contribution in [2.75, 3.05) is 23.3 Å². The standard InChI is InChI=1S/C15H18N6OS/c1-10-12(13(18-19(10)2)20-5-3-4-6-20)17-14(22)11-9-21-7-8-23-15(21)16-11/h7-9H,3-6H2,1-2H3,(H,17,22). The van der Waals surface area contributed by atoms with E-state index >= 15 is 0 Å². The first-order valence-corrected chi connectivity index (χ1v) is 8.53. The molecule has 0 aliphatic carbocycles. The molecular formula is C15H18N6OS. The average Bonchev–Trinajstić information content (AvgIpc) is 3.27. The Morgan fingerprint density at radius 3 is 2.87 bits per heavy atom. The normalized spacial score (nSPS) is 14.8. The van der Waals surface area contributed by atoms with Gasteiger partial charge in [0, 0.05) is 37.9 Å². The van der Waals surface area contributed by atoms with E-state index in [0.717, 1.165) is 35.2 Å². The summed E-state index contributed by atoms with van der Waals surface area (Å²) in [6.07, 6.45) is 5.98. The van der Waals surface area contributed by atoms with Gasteiger partial charge in [-0.05, 0) is 19.8 Å². The molecule has 0 spiro atoms. The summed E-state index contributed by atoms with van der Waals surface area (Å²) >= 11 is 1.51. The molecule has 0 atom stereocenters. The van der Waals surface area contributed by atoms with Gasteiger partial charge in [0.25, 0.3) is 5.91 Å². The lowest BCUT2D eigenvalue weighted by molar-refractivity contribution is 0.102. The Hall–Kier alpha value is -2.35. The fourth-order valence-corrected chi connectivity index (χ4v) is 3.60. The van der Waals surface area contributed by atoms with Crippen molar-refractivity contribution in [3.8, 4) is 0 Å². The second-order valence-electron chi connectivity index (χ2n) is 5.77. The molecular weight excluding hydrogens is 312 g/mol. The second-order valence-corrected chi connectivity index (χ2v) is 6.65. The number of hydrogen-bond donors (Lipinski definition) is 1. The van der Waals surface area contributed by atoms with E-state index < -0.39 is 0 Å². The average molecular weight is 330 g/mol. The molecule has 4 heterocycles. The van der Waals surface area contributed by atoms with Crippen molar-refractivity contribution in [1.82, 2.24) is 19.2 Å². The van der Waals surface area contributed by atoms with E-state index in [9.17, 15) is 4.79 Å². The van der Waals surface area contributed by atoms with E-state index in [2.05, 4.69) is 20.3 Å². The van der Waals surface area contributed by atoms with Crippen molar-refractivity contribution in [3.05, 3.63) is 29.2 Å². The molecule has 3 aromatic heterocycles. The van der Waals surface area contributed by atoms with Crippen molar-refractivity contribution in [2.24, 2.45) is 7.05 Å². The summed E-state index contributed by atoms with van der Waals surface area (Å²) in [7, 11) is 1.90. The number of thiazole rings is 1. The summed E-state index contributed by atoms with van der Waals surface area (Å²) in [5.41, 5.74) is 2.16. The zero-order chi connectivity index (χ0) is 16.0. The lowest BCUT2D eigenvalue weighted by Crippen LogP contribution is -2.21. The van der Waals surface area contributed by atoms with Crippen LogP contribution in [0.1, 0.15) is 29.0 Å². The Morgan fingerprint density at radius 2 is 2.13 bits per heavy atom. The monoisotopic (exact) mass is 330 g/mol. The summed E-state index contributed by atoms with van der Waals surface area (Å²) in [6.45, 7) is 3.94. The number of rotatable bonds is 3. The number of nitrogens with one attached hydrogen (secondary N) is 1. The maximum absolute atomic E-state index is 12.6. The molecule has 0 saturated carbocycles. The number of hydrogen-bond acceptors (Lipinski definition) is 5. The third-order valence-corrected chi connectivity index (χ3v) is 5.06. The Bertz CT molecular complexity index is 841. The highest BCUT2D eigenvalue weighted by molar-refractivity contribution is 7.15. The van der Waals surface area contributed by atoms with Crippen LogP contribution in [0.5, 0.6) is 0 Å². The lowest BCUT2D eigenvalue weighted by Gasteiger charge is -2.16. The number of carbonyl (C=O) groups is 1. The lowest BCUT2D eigenvalue weighted by atomic mass is 10.3. The van der Waals surface area contributed by atoms with Crippen molar-refractivity contribution in [1.29, 1.82) is 0 Å². The predicted molar refractivity (Wildman–Crippen MR) is 90.4 cm³/mol. The van der Waals surface area contributed by atoms with Gasteiger partial charge in [-0.25, -0.2) is 4.98 Å². The Balaban J connectivity index is 1.64. The van der Waals surface area contributed by atoms with Crippen LogP contribution in [0.15, 0.2) is 17.8 Å². The van der Waals surface area contributed by atoms with E-state index in [-0.39, 0.29) is 5.91 Å². The van der Waals surface area contributed by atoms with E-state index in [1.807, 2.05) is 34.6 Å². The molecule has 1 fully saturated rings. The van der Waals surface area contributed by atoms with Crippen molar-refractivity contribution in [2.45, 2.75) is 19.8 Å². The molecule has 1 saturated heterocycles. The predicted octanol–water partition coefficient (Wildman–Crippen LogP) is 2.29. The third-order valence-electron chi connectivity index (χ3n) is 4.29. The minimum absolute atomic E-state index is 0.197. The molecule has 0 aromatic carbocycles. The largest absolute Gasteiger partial charge is 0.353 e. The fraction of sp³-hybridized carbons (Fsp3) is 0.400. The van der Waals surface area contributed by atoms with Crippen molar-refractivity contribution >= 4 is 33.7 Å². The van der Waals surface area contributed by atoms with Crippen LogP contribution in [0, 0.1) is 6.92 Å². The quantitative estimate of drug-likeness (QED) is 0.800. The summed E-state index contributed by atoms with van der Waals surface area (Å²) in [5, 5.41) is 9.53. The van der Waals surface area contributed by atoms with Crippen LogP contribution in [0.4, 0.5) is 11.5 Å². The number of aryl methyl sites for hydroxylation is 1. The first-order valence-electron chi connectivity index (χ1n) is 7.65.